The highest BCUT2D eigenvalue weighted by Gasteiger charge is 2.31. The number of esters is 3. The number of carbonyl (C=O) groups excluding carboxylic acids is 3. The summed E-state index contributed by atoms with van der Waals surface area (Å²) in [7, 11) is 0. The van der Waals surface area contributed by atoms with Crippen LogP contribution in [0.25, 0.3) is 0 Å². The van der Waals surface area contributed by atoms with E-state index >= 15 is 0 Å². The second kappa shape index (κ2) is 9.37. The van der Waals surface area contributed by atoms with E-state index in [1.54, 1.807) is 18.2 Å². The molecule has 0 radical (unpaired) electrons. The number of benzene rings is 2. The Labute approximate surface area is 146 Å². The van der Waals surface area contributed by atoms with Crippen molar-refractivity contribution < 1.29 is 23.9 Å². The molecule has 0 aliphatic rings. The molecule has 0 aliphatic heterocycles. The van der Waals surface area contributed by atoms with Gasteiger partial charge in [0.2, 0.25) is 0 Å². The lowest BCUT2D eigenvalue weighted by Gasteiger charge is -2.14. The van der Waals surface area contributed by atoms with Crippen molar-refractivity contribution in [2.45, 2.75) is 26.4 Å². The monoisotopic (exact) mass is 340 g/mol. The molecule has 0 saturated carbocycles. The lowest BCUT2D eigenvalue weighted by Crippen LogP contribution is -2.29. The van der Waals surface area contributed by atoms with E-state index in [4.69, 9.17) is 9.47 Å². The van der Waals surface area contributed by atoms with Gasteiger partial charge in [-0.2, -0.15) is 0 Å². The van der Waals surface area contributed by atoms with Gasteiger partial charge >= 0.3 is 17.9 Å². The van der Waals surface area contributed by atoms with Gasteiger partial charge in [-0.15, -0.1) is 0 Å². The Morgan fingerprint density at radius 3 is 2.08 bits per heavy atom. The highest BCUT2D eigenvalue weighted by molar-refractivity contribution is 6.03. The largest absolute Gasteiger partial charge is 0.460 e. The van der Waals surface area contributed by atoms with Crippen LogP contribution >= 0.6 is 0 Å². The fraction of sp³-hybridized carbons (Fsp3) is 0.250. The molecule has 0 amide bonds. The van der Waals surface area contributed by atoms with Crippen LogP contribution in [0.2, 0.25) is 0 Å². The van der Waals surface area contributed by atoms with E-state index in [1.807, 2.05) is 37.3 Å². The predicted octanol–water partition coefficient (Wildman–Crippen LogP) is 3.53. The van der Waals surface area contributed by atoms with E-state index in [0.717, 1.165) is 5.56 Å². The van der Waals surface area contributed by atoms with Gasteiger partial charge in [-0.3, -0.25) is 9.59 Å². The fourth-order valence-electron chi connectivity index (χ4n) is 2.25. The smallest absolute Gasteiger partial charge is 0.345 e. The van der Waals surface area contributed by atoms with E-state index in [-0.39, 0.29) is 18.6 Å². The van der Waals surface area contributed by atoms with Crippen molar-refractivity contribution in [1.82, 2.24) is 0 Å². The lowest BCUT2D eigenvalue weighted by molar-refractivity contribution is -0.160. The maximum atomic E-state index is 12.2. The first-order valence-corrected chi connectivity index (χ1v) is 8.13. The fourth-order valence-corrected chi connectivity index (χ4v) is 2.25. The first kappa shape index (κ1) is 18.4. The molecule has 0 fully saturated rings. The maximum Gasteiger partial charge on any atom is 0.345 e. The minimum atomic E-state index is -1.11. The van der Waals surface area contributed by atoms with Gasteiger partial charge in [0.25, 0.3) is 0 Å². The summed E-state index contributed by atoms with van der Waals surface area (Å²) in [6.45, 7) is 1.91. The molecule has 0 aliphatic carbocycles. The van der Waals surface area contributed by atoms with Crippen molar-refractivity contribution in [3.63, 3.8) is 0 Å². The average molecular weight is 340 g/mol. The third-order valence-electron chi connectivity index (χ3n) is 3.57. The van der Waals surface area contributed by atoms with Gasteiger partial charge in [-0.25, -0.2) is 4.79 Å². The molecular weight excluding hydrogens is 320 g/mol. The lowest BCUT2D eigenvalue weighted by atomic mass is 10.0. The molecule has 130 valence electrons. The molecular formula is C20H20O5. The number of hydrogen-bond acceptors (Lipinski definition) is 5. The van der Waals surface area contributed by atoms with Crippen molar-refractivity contribution in [2.75, 3.05) is 0 Å². The van der Waals surface area contributed by atoms with Crippen molar-refractivity contribution >= 4 is 17.9 Å². The van der Waals surface area contributed by atoms with Crippen LogP contribution in [-0.2, 0) is 25.7 Å². The molecule has 2 aromatic carbocycles. The van der Waals surface area contributed by atoms with Crippen LogP contribution in [0.3, 0.4) is 0 Å². The Hall–Kier alpha value is -2.95. The first-order valence-electron chi connectivity index (χ1n) is 8.13. The highest BCUT2D eigenvalue weighted by atomic mass is 16.6. The van der Waals surface area contributed by atoms with Crippen molar-refractivity contribution in [1.29, 1.82) is 0 Å². The third-order valence-corrected chi connectivity index (χ3v) is 3.57. The van der Waals surface area contributed by atoms with Crippen LogP contribution < -0.4 is 0 Å². The molecule has 0 heterocycles. The summed E-state index contributed by atoms with van der Waals surface area (Å²) >= 11 is 0. The zero-order valence-corrected chi connectivity index (χ0v) is 14.0. The SMILES string of the molecule is CCCC(C(=O)OCc1ccccc1)C(=O)OC(=O)c1ccccc1. The number of rotatable bonds is 7. The summed E-state index contributed by atoms with van der Waals surface area (Å²) in [5.74, 6) is -3.45. The number of ether oxygens (including phenoxy) is 2. The van der Waals surface area contributed by atoms with Crippen molar-refractivity contribution in [3.8, 4) is 0 Å². The Kier molecular flexibility index (Phi) is 6.89. The Morgan fingerprint density at radius 1 is 0.880 bits per heavy atom. The van der Waals surface area contributed by atoms with Crippen LogP contribution in [0.1, 0.15) is 35.7 Å². The second-order valence-electron chi connectivity index (χ2n) is 5.51. The van der Waals surface area contributed by atoms with Gasteiger partial charge in [-0.1, -0.05) is 61.9 Å². The summed E-state index contributed by atoms with van der Waals surface area (Å²) in [4.78, 5) is 36.4. The normalized spacial score (nSPS) is 11.4. The van der Waals surface area contributed by atoms with Gasteiger partial charge in [0.05, 0.1) is 5.56 Å². The summed E-state index contributed by atoms with van der Waals surface area (Å²) in [5.41, 5.74) is 1.07. The van der Waals surface area contributed by atoms with E-state index in [9.17, 15) is 14.4 Å². The van der Waals surface area contributed by atoms with E-state index in [1.165, 1.54) is 12.1 Å². The molecule has 0 bridgehead atoms. The number of hydrogen-bond donors (Lipinski definition) is 0. The Balaban J connectivity index is 1.97. The van der Waals surface area contributed by atoms with E-state index in [2.05, 4.69) is 0 Å². The van der Waals surface area contributed by atoms with Gasteiger partial charge in [0, 0.05) is 0 Å². The third kappa shape index (κ3) is 5.57. The minimum absolute atomic E-state index is 0.0692. The van der Waals surface area contributed by atoms with E-state index < -0.39 is 23.8 Å². The van der Waals surface area contributed by atoms with Gasteiger partial charge in [0.15, 0.2) is 5.92 Å². The second-order valence-corrected chi connectivity index (χ2v) is 5.51. The van der Waals surface area contributed by atoms with Crippen molar-refractivity contribution in [3.05, 3.63) is 71.8 Å². The van der Waals surface area contributed by atoms with Crippen LogP contribution in [0, 0.1) is 5.92 Å². The van der Waals surface area contributed by atoms with E-state index in [0.29, 0.717) is 6.42 Å². The number of carbonyl (C=O) groups is 3. The quantitative estimate of drug-likeness (QED) is 0.570. The summed E-state index contributed by atoms with van der Waals surface area (Å²) < 4.78 is 10.0. The van der Waals surface area contributed by atoms with Gasteiger partial charge in [0.1, 0.15) is 6.61 Å². The van der Waals surface area contributed by atoms with Gasteiger partial charge < -0.3 is 9.47 Å². The highest BCUT2D eigenvalue weighted by Crippen LogP contribution is 2.14. The van der Waals surface area contributed by atoms with Gasteiger partial charge in [-0.05, 0) is 24.1 Å². The molecule has 0 N–H and O–H groups in total. The zero-order valence-electron chi connectivity index (χ0n) is 14.0. The molecule has 5 heteroatoms. The average Bonchev–Trinajstić information content (AvgIpc) is 2.65. The van der Waals surface area contributed by atoms with Crippen LogP contribution in [-0.4, -0.2) is 17.9 Å². The summed E-state index contributed by atoms with van der Waals surface area (Å²) in [5, 5.41) is 0. The van der Waals surface area contributed by atoms with Crippen LogP contribution in [0.5, 0.6) is 0 Å². The molecule has 0 aromatic heterocycles. The molecule has 1 unspecified atom stereocenters. The van der Waals surface area contributed by atoms with Crippen LogP contribution in [0.15, 0.2) is 60.7 Å². The summed E-state index contributed by atoms with van der Waals surface area (Å²) in [6, 6.07) is 17.3. The maximum absolute atomic E-state index is 12.2. The van der Waals surface area contributed by atoms with Crippen molar-refractivity contribution in [2.24, 2.45) is 5.92 Å². The molecule has 25 heavy (non-hydrogen) atoms. The Bertz CT molecular complexity index is 709. The predicted molar refractivity (Wildman–Crippen MR) is 91.5 cm³/mol. The minimum Gasteiger partial charge on any atom is -0.460 e. The standard InChI is InChI=1S/C20H20O5/c1-2-9-17(19(22)24-14-15-10-5-3-6-11-15)20(23)25-18(21)16-12-7-4-8-13-16/h3-8,10-13,17H,2,9,14H2,1H3. The zero-order chi connectivity index (χ0) is 18.1. The Morgan fingerprint density at radius 2 is 1.48 bits per heavy atom. The molecule has 0 spiro atoms. The molecule has 1 atom stereocenters. The summed E-state index contributed by atoms with van der Waals surface area (Å²) in [6.07, 6.45) is 0.842. The molecule has 0 saturated heterocycles. The topological polar surface area (TPSA) is 69.7 Å². The first-order chi connectivity index (χ1) is 12.1. The molecule has 2 aromatic rings. The molecule has 5 nitrogen and oxygen atoms in total. The molecule has 2 rings (SSSR count). The van der Waals surface area contributed by atoms with Crippen LogP contribution in [0.4, 0.5) is 0 Å².